The van der Waals surface area contributed by atoms with Gasteiger partial charge in [0.2, 0.25) is 0 Å². The van der Waals surface area contributed by atoms with Crippen LogP contribution in [-0.4, -0.2) is 13.0 Å². The minimum atomic E-state index is -4.38. The second-order valence-electron chi connectivity index (χ2n) is 7.37. The van der Waals surface area contributed by atoms with Crippen LogP contribution in [0.1, 0.15) is 70.3 Å². The van der Waals surface area contributed by atoms with Gasteiger partial charge in [0.1, 0.15) is 16.4 Å². The molecule has 0 heterocycles. The number of hydrogen-bond acceptors (Lipinski definition) is 4. The summed E-state index contributed by atoms with van der Waals surface area (Å²) in [6.07, 6.45) is 11.2. The van der Waals surface area contributed by atoms with Crippen LogP contribution in [0.5, 0.6) is 17.2 Å². The molecule has 0 aromatic heterocycles. The molecule has 0 bridgehead atoms. The first-order valence-corrected chi connectivity index (χ1v) is 11.9. The number of ether oxygens (including phenoxy) is 1. The van der Waals surface area contributed by atoms with E-state index in [-0.39, 0.29) is 51.7 Å². The molecule has 0 aliphatic carbocycles. The van der Waals surface area contributed by atoms with Crippen LogP contribution in [0.15, 0.2) is 47.4 Å². The van der Waals surface area contributed by atoms with E-state index in [1.165, 1.54) is 56.7 Å². The quantitative estimate of drug-likeness (QED) is 0.293. The first-order chi connectivity index (χ1) is 13.9. The van der Waals surface area contributed by atoms with Crippen molar-refractivity contribution in [3.63, 3.8) is 0 Å². The van der Waals surface area contributed by atoms with E-state index < -0.39 is 10.1 Å². The van der Waals surface area contributed by atoms with Gasteiger partial charge in [0.25, 0.3) is 10.1 Å². The third-order valence-corrected chi connectivity index (χ3v) is 5.88. The number of hydrogen-bond donors (Lipinski definition) is 1. The Balaban J connectivity index is 0.00000450. The fourth-order valence-electron chi connectivity index (χ4n) is 3.33. The van der Waals surface area contributed by atoms with E-state index >= 15 is 0 Å². The Morgan fingerprint density at radius 1 is 0.900 bits per heavy atom. The molecule has 1 N–H and O–H groups in total. The summed E-state index contributed by atoms with van der Waals surface area (Å²) in [6.45, 7) is 2.21. The third kappa shape index (κ3) is 9.40. The van der Waals surface area contributed by atoms with E-state index in [0.29, 0.717) is 12.0 Å². The average molecular weight is 443 g/mol. The van der Waals surface area contributed by atoms with Gasteiger partial charge in [-0.1, -0.05) is 88.3 Å². The maximum absolute atomic E-state index is 11.8. The fraction of sp³-hybridized carbons (Fsp3) is 0.478. The van der Waals surface area contributed by atoms with Crippen molar-refractivity contribution in [2.45, 2.75) is 76.0 Å². The van der Waals surface area contributed by atoms with Crippen molar-refractivity contribution in [3.05, 3.63) is 48.0 Å². The van der Waals surface area contributed by atoms with Gasteiger partial charge in [-0.15, -0.1) is 0 Å². The van der Waals surface area contributed by atoms with Crippen LogP contribution in [0.3, 0.4) is 0 Å². The molecule has 0 amide bonds. The smallest absolute Gasteiger partial charge is 0.870 e. The van der Waals surface area contributed by atoms with E-state index in [1.54, 1.807) is 24.3 Å². The minimum Gasteiger partial charge on any atom is -0.870 e. The number of rotatable bonds is 13. The molecule has 7 heteroatoms. The molecule has 0 fully saturated rings. The molecule has 30 heavy (non-hydrogen) atoms. The first-order valence-electron chi connectivity index (χ1n) is 10.5. The summed E-state index contributed by atoms with van der Waals surface area (Å²) in [6, 6.07) is 10.7. The second kappa shape index (κ2) is 14.1. The SMILES string of the molecule is CCCCCCCCCCCc1ccc(Oc2ccccc2[O-])cc1S(=O)(=O)O.[Na+]. The van der Waals surface area contributed by atoms with E-state index in [0.717, 1.165) is 19.3 Å². The molecule has 160 valence electrons. The second-order valence-corrected chi connectivity index (χ2v) is 8.76. The number of benzene rings is 2. The van der Waals surface area contributed by atoms with E-state index in [4.69, 9.17) is 4.74 Å². The molecule has 0 spiro atoms. The van der Waals surface area contributed by atoms with Gasteiger partial charge in [0.15, 0.2) is 0 Å². The van der Waals surface area contributed by atoms with Crippen LogP contribution >= 0.6 is 0 Å². The van der Waals surface area contributed by atoms with Gasteiger partial charge >= 0.3 is 29.6 Å². The topological polar surface area (TPSA) is 86.7 Å². The Bertz CT molecular complexity index is 868. The van der Waals surface area contributed by atoms with Crippen LogP contribution in [0, 0.1) is 0 Å². The first kappa shape index (κ1) is 27.0. The zero-order chi connectivity index (χ0) is 21.1. The largest absolute Gasteiger partial charge is 1.00 e. The Hall–Kier alpha value is -1.05. The monoisotopic (exact) mass is 442 g/mol. The van der Waals surface area contributed by atoms with Crippen LogP contribution in [-0.2, 0) is 16.5 Å². The summed E-state index contributed by atoms with van der Waals surface area (Å²) in [7, 11) is -4.38. The van der Waals surface area contributed by atoms with Gasteiger partial charge in [-0.2, -0.15) is 8.42 Å². The molecule has 2 aromatic carbocycles. The molecule has 0 radical (unpaired) electrons. The van der Waals surface area contributed by atoms with Gasteiger partial charge in [0, 0.05) is 6.07 Å². The molecule has 0 aliphatic rings. The predicted octanol–water partition coefficient (Wildman–Crippen LogP) is 2.88. The van der Waals surface area contributed by atoms with Crippen molar-refractivity contribution in [3.8, 4) is 17.2 Å². The van der Waals surface area contributed by atoms with Gasteiger partial charge in [-0.05, 0) is 30.5 Å². The predicted molar refractivity (Wildman–Crippen MR) is 113 cm³/mol. The van der Waals surface area contributed by atoms with Gasteiger partial charge < -0.3 is 9.84 Å². The van der Waals surface area contributed by atoms with Crippen molar-refractivity contribution in [2.24, 2.45) is 0 Å². The molecule has 2 rings (SSSR count). The van der Waals surface area contributed by atoms with E-state index in [9.17, 15) is 18.1 Å². The van der Waals surface area contributed by atoms with Crippen LogP contribution in [0.4, 0.5) is 0 Å². The van der Waals surface area contributed by atoms with Gasteiger partial charge in [-0.25, -0.2) is 0 Å². The molecule has 0 saturated carbocycles. The number of aryl methyl sites for hydroxylation is 1. The molecular weight excluding hydrogens is 411 g/mol. The van der Waals surface area contributed by atoms with Gasteiger partial charge in [0.05, 0.1) is 0 Å². The van der Waals surface area contributed by atoms with E-state index in [2.05, 4.69) is 6.92 Å². The summed E-state index contributed by atoms with van der Waals surface area (Å²) >= 11 is 0. The van der Waals surface area contributed by atoms with Crippen molar-refractivity contribution < 1.29 is 52.4 Å². The normalized spacial score (nSPS) is 11.1. The molecule has 2 aromatic rings. The third-order valence-electron chi connectivity index (χ3n) is 4.94. The maximum Gasteiger partial charge on any atom is 1.00 e. The summed E-state index contributed by atoms with van der Waals surface area (Å²) in [5.41, 5.74) is 0.568. The fourth-order valence-corrected chi connectivity index (χ4v) is 4.10. The van der Waals surface area contributed by atoms with E-state index in [1.807, 2.05) is 0 Å². The van der Waals surface area contributed by atoms with Crippen molar-refractivity contribution in [1.29, 1.82) is 0 Å². The Morgan fingerprint density at radius 3 is 2.10 bits per heavy atom. The molecule has 0 saturated heterocycles. The van der Waals surface area contributed by atoms with Crippen molar-refractivity contribution >= 4 is 10.1 Å². The summed E-state index contributed by atoms with van der Waals surface area (Å²) in [5, 5.41) is 11.8. The van der Waals surface area contributed by atoms with Crippen molar-refractivity contribution in [1.82, 2.24) is 0 Å². The summed E-state index contributed by atoms with van der Waals surface area (Å²) in [4.78, 5) is -0.155. The Morgan fingerprint density at radius 2 is 1.50 bits per heavy atom. The minimum absolute atomic E-state index is 0. The Kier molecular flexibility index (Phi) is 12.7. The molecule has 0 atom stereocenters. The maximum atomic E-state index is 11.8. The summed E-state index contributed by atoms with van der Waals surface area (Å²) < 4.78 is 38.8. The average Bonchev–Trinajstić information content (AvgIpc) is 2.68. The standard InChI is InChI=1S/C23H32O5S.Na/c1-2-3-4-5-6-7-8-9-10-13-19-16-17-20(18-23(19)29(25,26)27)28-22-15-12-11-14-21(22)24;/h11-12,14-18,24H,2-10,13H2,1H3,(H,25,26,27);/q;+1/p-1. The molecule has 5 nitrogen and oxygen atoms in total. The van der Waals surface area contributed by atoms with Gasteiger partial charge in [-0.3, -0.25) is 4.55 Å². The zero-order valence-electron chi connectivity index (χ0n) is 18.1. The molecule has 0 aliphatic heterocycles. The Labute approximate surface area is 202 Å². The molecular formula is C23H31NaO5S. The van der Waals surface area contributed by atoms with Crippen LogP contribution in [0.2, 0.25) is 0 Å². The van der Waals surface area contributed by atoms with Crippen molar-refractivity contribution in [2.75, 3.05) is 0 Å². The van der Waals surface area contributed by atoms with Crippen LogP contribution in [0.25, 0.3) is 0 Å². The van der Waals surface area contributed by atoms with Crippen LogP contribution < -0.4 is 39.4 Å². The number of para-hydroxylation sites is 2. The molecule has 0 unspecified atom stereocenters. The zero-order valence-corrected chi connectivity index (χ0v) is 20.9. The summed E-state index contributed by atoms with van der Waals surface area (Å²) in [5.74, 6) is 0.0249. The number of unbranched alkanes of at least 4 members (excludes halogenated alkanes) is 8.